The maximum atomic E-state index is 10.9. The minimum Gasteiger partial charge on any atom is -0.351 e. The van der Waals surface area contributed by atoms with E-state index in [4.69, 9.17) is 5.73 Å². The number of piperazine rings is 1. The summed E-state index contributed by atoms with van der Waals surface area (Å²) in [6.07, 6.45) is 0. The second kappa shape index (κ2) is 3.09. The van der Waals surface area contributed by atoms with Crippen LogP contribution >= 0.6 is 0 Å². The Balaban J connectivity index is 2.62. The number of nitrogens with zero attached hydrogens (tertiary/aromatic N) is 1. The number of nitrogens with two attached hydrogens (primary N) is 1. The van der Waals surface area contributed by atoms with Gasteiger partial charge in [0.1, 0.15) is 0 Å². The van der Waals surface area contributed by atoms with Crippen molar-refractivity contribution >= 4 is 6.03 Å². The molecule has 1 heterocycles. The predicted molar refractivity (Wildman–Crippen MR) is 43.2 cm³/mol. The molecular formula is C7H15N3O. The smallest absolute Gasteiger partial charge is 0.315 e. The van der Waals surface area contributed by atoms with Crippen LogP contribution in [0.4, 0.5) is 4.79 Å². The molecule has 0 aromatic heterocycles. The first kappa shape index (κ1) is 8.33. The average Bonchev–Trinajstić information content (AvgIpc) is 1.85. The molecule has 1 aliphatic rings. The molecule has 0 aromatic rings. The minimum absolute atomic E-state index is 0.219. The van der Waals surface area contributed by atoms with Gasteiger partial charge in [-0.15, -0.1) is 0 Å². The number of urea groups is 1. The van der Waals surface area contributed by atoms with Crippen LogP contribution in [-0.4, -0.2) is 36.1 Å². The van der Waals surface area contributed by atoms with Crippen molar-refractivity contribution in [3.8, 4) is 0 Å². The SMILES string of the molecule is CC1CNCC(C)N1C(N)=O. The van der Waals surface area contributed by atoms with Gasteiger partial charge < -0.3 is 16.0 Å². The number of primary amides is 1. The summed E-state index contributed by atoms with van der Waals surface area (Å²) in [6, 6.07) is 0.124. The van der Waals surface area contributed by atoms with Crippen LogP contribution in [0.3, 0.4) is 0 Å². The Labute approximate surface area is 66.7 Å². The van der Waals surface area contributed by atoms with E-state index in [9.17, 15) is 4.79 Å². The van der Waals surface area contributed by atoms with Crippen LogP contribution in [0.15, 0.2) is 0 Å². The van der Waals surface area contributed by atoms with Gasteiger partial charge in [-0.2, -0.15) is 0 Å². The molecule has 0 bridgehead atoms. The van der Waals surface area contributed by atoms with E-state index in [1.807, 2.05) is 13.8 Å². The van der Waals surface area contributed by atoms with E-state index >= 15 is 0 Å². The van der Waals surface area contributed by atoms with Gasteiger partial charge >= 0.3 is 6.03 Å². The molecule has 1 saturated heterocycles. The van der Waals surface area contributed by atoms with Gasteiger partial charge in [0.2, 0.25) is 0 Å². The van der Waals surface area contributed by atoms with Crippen molar-refractivity contribution in [1.29, 1.82) is 0 Å². The van der Waals surface area contributed by atoms with Crippen LogP contribution in [-0.2, 0) is 0 Å². The molecule has 2 unspecified atom stereocenters. The summed E-state index contributed by atoms with van der Waals surface area (Å²) < 4.78 is 0. The lowest BCUT2D eigenvalue weighted by Gasteiger charge is -2.38. The molecule has 0 aliphatic carbocycles. The van der Waals surface area contributed by atoms with Gasteiger partial charge in [-0.05, 0) is 13.8 Å². The highest BCUT2D eigenvalue weighted by molar-refractivity contribution is 5.72. The summed E-state index contributed by atoms with van der Waals surface area (Å²) >= 11 is 0. The van der Waals surface area contributed by atoms with E-state index < -0.39 is 0 Å². The van der Waals surface area contributed by atoms with Crippen LogP contribution in [0.5, 0.6) is 0 Å². The van der Waals surface area contributed by atoms with Gasteiger partial charge in [-0.1, -0.05) is 0 Å². The van der Waals surface area contributed by atoms with E-state index in [0.717, 1.165) is 13.1 Å². The highest BCUT2D eigenvalue weighted by atomic mass is 16.2. The van der Waals surface area contributed by atoms with Crippen molar-refractivity contribution in [1.82, 2.24) is 10.2 Å². The lowest BCUT2D eigenvalue weighted by molar-refractivity contribution is 0.140. The summed E-state index contributed by atoms with van der Waals surface area (Å²) in [5.74, 6) is 0. The lowest BCUT2D eigenvalue weighted by Crippen LogP contribution is -2.58. The molecule has 11 heavy (non-hydrogen) atoms. The van der Waals surface area contributed by atoms with E-state index in [0.29, 0.717) is 0 Å². The molecule has 1 aliphatic heterocycles. The van der Waals surface area contributed by atoms with Crippen molar-refractivity contribution < 1.29 is 4.79 Å². The molecule has 1 rings (SSSR count). The lowest BCUT2D eigenvalue weighted by atomic mass is 10.1. The summed E-state index contributed by atoms with van der Waals surface area (Å²) in [4.78, 5) is 12.6. The first-order valence-electron chi connectivity index (χ1n) is 3.91. The average molecular weight is 157 g/mol. The van der Waals surface area contributed by atoms with Gasteiger partial charge in [0.05, 0.1) is 0 Å². The Bertz CT molecular complexity index is 150. The maximum Gasteiger partial charge on any atom is 0.315 e. The Morgan fingerprint density at radius 3 is 2.18 bits per heavy atom. The van der Waals surface area contributed by atoms with Crippen molar-refractivity contribution in [2.24, 2.45) is 5.73 Å². The Morgan fingerprint density at radius 1 is 1.45 bits per heavy atom. The molecule has 64 valence electrons. The standard InChI is InChI=1S/C7H15N3O/c1-5-3-9-4-6(2)10(5)7(8)11/h5-6,9H,3-4H2,1-2H3,(H2,8,11). The molecule has 2 amide bonds. The van der Waals surface area contributed by atoms with Crippen LogP contribution in [0.1, 0.15) is 13.8 Å². The number of hydrogen-bond acceptors (Lipinski definition) is 2. The van der Waals surface area contributed by atoms with Crippen LogP contribution < -0.4 is 11.1 Å². The number of carbonyl (C=O) groups excluding carboxylic acids is 1. The molecule has 4 nitrogen and oxygen atoms in total. The normalized spacial score (nSPS) is 32.0. The molecule has 3 N–H and O–H groups in total. The topological polar surface area (TPSA) is 58.4 Å². The Hall–Kier alpha value is -0.770. The minimum atomic E-state index is -0.313. The number of amides is 2. The summed E-state index contributed by atoms with van der Waals surface area (Å²) in [6.45, 7) is 5.67. The first-order valence-corrected chi connectivity index (χ1v) is 3.91. The zero-order valence-electron chi connectivity index (χ0n) is 7.00. The maximum absolute atomic E-state index is 10.9. The second-order valence-electron chi connectivity index (χ2n) is 3.10. The molecule has 0 saturated carbocycles. The van der Waals surface area contributed by atoms with E-state index in [1.54, 1.807) is 4.90 Å². The number of rotatable bonds is 0. The molecule has 2 atom stereocenters. The molecular weight excluding hydrogens is 142 g/mol. The van der Waals surface area contributed by atoms with Crippen molar-refractivity contribution in [2.75, 3.05) is 13.1 Å². The first-order chi connectivity index (χ1) is 5.13. The van der Waals surface area contributed by atoms with Crippen molar-refractivity contribution in [3.05, 3.63) is 0 Å². The summed E-state index contributed by atoms with van der Waals surface area (Å²) in [5.41, 5.74) is 5.21. The Morgan fingerprint density at radius 2 is 1.91 bits per heavy atom. The van der Waals surface area contributed by atoms with Crippen LogP contribution in [0.25, 0.3) is 0 Å². The molecule has 4 heteroatoms. The zero-order valence-corrected chi connectivity index (χ0v) is 7.00. The van der Waals surface area contributed by atoms with E-state index in [1.165, 1.54) is 0 Å². The number of carbonyl (C=O) groups is 1. The fourth-order valence-electron chi connectivity index (χ4n) is 1.57. The Kier molecular flexibility index (Phi) is 2.34. The molecule has 1 fully saturated rings. The van der Waals surface area contributed by atoms with Gasteiger partial charge in [0.25, 0.3) is 0 Å². The third-order valence-corrected chi connectivity index (χ3v) is 2.08. The highest BCUT2D eigenvalue weighted by Crippen LogP contribution is 2.07. The van der Waals surface area contributed by atoms with Crippen LogP contribution in [0, 0.1) is 0 Å². The zero-order chi connectivity index (χ0) is 8.43. The van der Waals surface area contributed by atoms with Crippen molar-refractivity contribution in [3.63, 3.8) is 0 Å². The second-order valence-corrected chi connectivity index (χ2v) is 3.10. The van der Waals surface area contributed by atoms with Crippen LogP contribution in [0.2, 0.25) is 0 Å². The quantitative estimate of drug-likeness (QED) is 0.509. The largest absolute Gasteiger partial charge is 0.351 e. The van der Waals surface area contributed by atoms with Gasteiger partial charge in [0.15, 0.2) is 0 Å². The molecule has 0 spiro atoms. The third kappa shape index (κ3) is 1.63. The fraction of sp³-hybridized carbons (Fsp3) is 0.857. The third-order valence-electron chi connectivity index (χ3n) is 2.08. The number of hydrogen-bond donors (Lipinski definition) is 2. The van der Waals surface area contributed by atoms with E-state index in [-0.39, 0.29) is 18.1 Å². The van der Waals surface area contributed by atoms with Crippen molar-refractivity contribution in [2.45, 2.75) is 25.9 Å². The predicted octanol–water partition coefficient (Wildman–Crippen LogP) is -0.253. The fourth-order valence-corrected chi connectivity index (χ4v) is 1.57. The molecule has 0 aromatic carbocycles. The summed E-state index contributed by atoms with van der Waals surface area (Å²) in [5, 5.41) is 3.22. The summed E-state index contributed by atoms with van der Waals surface area (Å²) in [7, 11) is 0. The monoisotopic (exact) mass is 157 g/mol. The van der Waals surface area contributed by atoms with Gasteiger partial charge in [-0.25, -0.2) is 4.79 Å². The van der Waals surface area contributed by atoms with Gasteiger partial charge in [0, 0.05) is 25.2 Å². The van der Waals surface area contributed by atoms with Gasteiger partial charge in [-0.3, -0.25) is 0 Å². The molecule has 0 radical (unpaired) electrons. The highest BCUT2D eigenvalue weighted by Gasteiger charge is 2.26. The number of nitrogens with one attached hydrogen (secondary N) is 1. The van der Waals surface area contributed by atoms with E-state index in [2.05, 4.69) is 5.32 Å².